The van der Waals surface area contributed by atoms with Crippen molar-refractivity contribution in [2.24, 2.45) is 11.1 Å². The molecular weight excluding hydrogens is 540 g/mol. The Morgan fingerprint density at radius 2 is 2.10 bits per heavy atom. The van der Waals surface area contributed by atoms with E-state index in [1.807, 2.05) is 13.0 Å². The summed E-state index contributed by atoms with van der Waals surface area (Å²) >= 11 is 1.41. The Morgan fingerprint density at radius 1 is 1.28 bits per heavy atom. The smallest absolute Gasteiger partial charge is 0.333 e. The summed E-state index contributed by atoms with van der Waals surface area (Å²) < 4.78 is 33.2. The second kappa shape index (κ2) is 11.4. The molecule has 0 amide bonds. The second-order valence-electron chi connectivity index (χ2n) is 9.98. The Bertz CT molecular complexity index is 1470. The SMILES string of the molecule is CCc1ccc2c(c1)C(c1cc(C(=O)c3cncnc3NC3CC[C@H](COS(N)(=O)=O)[C@H]3O)sc1C)OCC2. The third-order valence-electron chi connectivity index (χ3n) is 7.49. The van der Waals surface area contributed by atoms with Crippen LogP contribution in [0.5, 0.6) is 0 Å². The number of carbonyl (C=O) groups excluding carboxylic acids is 1. The van der Waals surface area contributed by atoms with Gasteiger partial charge in [0.2, 0.25) is 5.78 Å². The number of aliphatic hydroxyl groups excluding tert-OH is 1. The lowest BCUT2D eigenvalue weighted by Gasteiger charge is -2.27. The van der Waals surface area contributed by atoms with E-state index in [0.29, 0.717) is 35.7 Å². The minimum atomic E-state index is -4.09. The number of aryl methyl sites for hydroxylation is 2. The summed E-state index contributed by atoms with van der Waals surface area (Å²) in [4.78, 5) is 23.6. The van der Waals surface area contributed by atoms with Crippen LogP contribution < -0.4 is 10.5 Å². The van der Waals surface area contributed by atoms with E-state index in [2.05, 4.69) is 44.6 Å². The van der Waals surface area contributed by atoms with Gasteiger partial charge in [0.15, 0.2) is 0 Å². The molecule has 0 spiro atoms. The van der Waals surface area contributed by atoms with Crippen LogP contribution in [-0.2, 0) is 32.1 Å². The van der Waals surface area contributed by atoms with E-state index in [4.69, 9.17) is 9.88 Å². The van der Waals surface area contributed by atoms with Crippen LogP contribution >= 0.6 is 11.3 Å². The number of aromatic nitrogens is 2. The normalized spacial score (nSPS) is 23.0. The van der Waals surface area contributed by atoms with Crippen LogP contribution in [0.2, 0.25) is 0 Å². The number of hydrogen-bond donors (Lipinski definition) is 3. The molecule has 1 aliphatic heterocycles. The number of rotatable bonds is 9. The lowest BCUT2D eigenvalue weighted by Crippen LogP contribution is -2.35. The first-order chi connectivity index (χ1) is 18.6. The maximum absolute atomic E-state index is 13.7. The summed E-state index contributed by atoms with van der Waals surface area (Å²) in [6.45, 7) is 4.54. The summed E-state index contributed by atoms with van der Waals surface area (Å²) in [6.07, 6.45) is 4.54. The Balaban J connectivity index is 1.36. The van der Waals surface area contributed by atoms with Crippen molar-refractivity contribution in [1.29, 1.82) is 0 Å². The van der Waals surface area contributed by atoms with Gasteiger partial charge >= 0.3 is 10.3 Å². The van der Waals surface area contributed by atoms with Gasteiger partial charge in [-0.2, -0.15) is 8.42 Å². The number of aliphatic hydroxyl groups is 1. The zero-order valence-electron chi connectivity index (χ0n) is 21.8. The number of nitrogens with zero attached hydrogens (tertiary/aromatic N) is 2. The average molecular weight is 573 g/mol. The lowest BCUT2D eigenvalue weighted by atomic mass is 9.91. The molecule has 39 heavy (non-hydrogen) atoms. The predicted octanol–water partition coefficient (Wildman–Crippen LogP) is 3.07. The van der Waals surface area contributed by atoms with E-state index >= 15 is 0 Å². The maximum atomic E-state index is 13.7. The fourth-order valence-electron chi connectivity index (χ4n) is 5.34. The number of ether oxygens (including phenoxy) is 1. The molecule has 12 heteroatoms. The first-order valence-electron chi connectivity index (χ1n) is 12.9. The Kier molecular flexibility index (Phi) is 8.13. The molecule has 0 radical (unpaired) electrons. The average Bonchev–Trinajstić information content (AvgIpc) is 3.48. The van der Waals surface area contributed by atoms with Gasteiger partial charge in [-0.25, -0.2) is 15.1 Å². The van der Waals surface area contributed by atoms with E-state index in [9.17, 15) is 18.3 Å². The summed E-state index contributed by atoms with van der Waals surface area (Å²) in [6, 6.07) is 8.01. The summed E-state index contributed by atoms with van der Waals surface area (Å²) in [5.74, 6) is -0.334. The van der Waals surface area contributed by atoms with Crippen molar-refractivity contribution in [1.82, 2.24) is 9.97 Å². The molecule has 4 atom stereocenters. The van der Waals surface area contributed by atoms with E-state index in [0.717, 1.165) is 28.8 Å². The summed E-state index contributed by atoms with van der Waals surface area (Å²) in [7, 11) is -4.09. The van der Waals surface area contributed by atoms with Crippen LogP contribution in [0.15, 0.2) is 36.8 Å². The molecule has 5 rings (SSSR count). The van der Waals surface area contributed by atoms with Gasteiger partial charge < -0.3 is 15.2 Å². The van der Waals surface area contributed by atoms with Gasteiger partial charge in [0, 0.05) is 17.0 Å². The Hall–Kier alpha value is -2.74. The van der Waals surface area contributed by atoms with Gasteiger partial charge in [-0.1, -0.05) is 25.1 Å². The van der Waals surface area contributed by atoms with Crippen LogP contribution in [0, 0.1) is 12.8 Å². The minimum absolute atomic E-state index is 0.211. The third-order valence-corrected chi connectivity index (χ3v) is 9.02. The molecule has 2 aliphatic rings. The number of carbonyl (C=O) groups is 1. The quantitative estimate of drug-likeness (QED) is 0.328. The molecule has 1 aromatic carbocycles. The van der Waals surface area contributed by atoms with Gasteiger partial charge in [0.1, 0.15) is 18.2 Å². The van der Waals surface area contributed by atoms with E-state index in [1.54, 1.807) is 0 Å². The Labute approximate surface area is 231 Å². The highest BCUT2D eigenvalue weighted by Gasteiger charge is 2.36. The Morgan fingerprint density at radius 3 is 2.87 bits per heavy atom. The number of nitrogens with one attached hydrogen (secondary N) is 1. The van der Waals surface area contributed by atoms with E-state index in [1.165, 1.54) is 35.0 Å². The standard InChI is InChI=1S/C27H32N4O6S2/c1-3-16-4-5-17-8-9-36-26(20(17)10-16)19-11-23(38-15(19)2)25(33)21-12-29-14-30-27(21)31-22-7-6-18(24(22)32)13-37-39(28,34)35/h4-5,10-12,14,18,22,24,26,32H,3,6-9,13H2,1-2H3,(H2,28,34,35)(H,29,30,31)/t18-,22?,24-,26?/m1/s1. The van der Waals surface area contributed by atoms with Crippen molar-refractivity contribution in [3.8, 4) is 0 Å². The maximum Gasteiger partial charge on any atom is 0.333 e. The van der Waals surface area contributed by atoms with Crippen LogP contribution in [0.1, 0.15) is 68.2 Å². The predicted molar refractivity (Wildman–Crippen MR) is 147 cm³/mol. The molecule has 1 saturated carbocycles. The van der Waals surface area contributed by atoms with Crippen LogP contribution in [0.25, 0.3) is 0 Å². The molecule has 10 nitrogen and oxygen atoms in total. The monoisotopic (exact) mass is 572 g/mol. The lowest BCUT2D eigenvalue weighted by molar-refractivity contribution is 0.0697. The highest BCUT2D eigenvalue weighted by atomic mass is 32.2. The summed E-state index contributed by atoms with van der Waals surface area (Å²) in [5, 5.41) is 18.8. The molecule has 2 unspecified atom stereocenters. The topological polar surface area (TPSA) is 154 Å². The first-order valence-corrected chi connectivity index (χ1v) is 15.2. The molecule has 1 fully saturated rings. The van der Waals surface area contributed by atoms with Crippen LogP contribution in [0.4, 0.5) is 5.82 Å². The molecule has 0 bridgehead atoms. The number of thiophene rings is 1. The van der Waals surface area contributed by atoms with Crippen LogP contribution in [-0.4, -0.2) is 54.6 Å². The molecule has 0 saturated heterocycles. The molecule has 2 aromatic heterocycles. The number of benzene rings is 1. The molecule has 3 aromatic rings. The van der Waals surface area contributed by atoms with Crippen LogP contribution in [0.3, 0.4) is 0 Å². The number of anilines is 1. The van der Waals surface area contributed by atoms with Gasteiger partial charge in [-0.15, -0.1) is 11.3 Å². The number of ketones is 1. The van der Waals surface area contributed by atoms with Gasteiger partial charge in [0.05, 0.1) is 35.8 Å². The van der Waals surface area contributed by atoms with Crippen molar-refractivity contribution >= 4 is 33.2 Å². The number of hydrogen-bond acceptors (Lipinski definition) is 10. The highest BCUT2D eigenvalue weighted by Crippen LogP contribution is 2.39. The van der Waals surface area contributed by atoms with Crippen molar-refractivity contribution < 1.29 is 27.2 Å². The molecule has 1 aliphatic carbocycles. The van der Waals surface area contributed by atoms with Crippen molar-refractivity contribution in [2.75, 3.05) is 18.5 Å². The molecule has 3 heterocycles. The van der Waals surface area contributed by atoms with E-state index in [-0.39, 0.29) is 18.5 Å². The number of nitrogens with two attached hydrogens (primary N) is 1. The van der Waals surface area contributed by atoms with Crippen molar-refractivity contribution in [2.45, 2.75) is 57.8 Å². The van der Waals surface area contributed by atoms with E-state index < -0.39 is 28.4 Å². The highest BCUT2D eigenvalue weighted by molar-refractivity contribution is 7.84. The zero-order chi connectivity index (χ0) is 27.7. The molecule has 4 N–H and O–H groups in total. The van der Waals surface area contributed by atoms with Gasteiger partial charge in [-0.05, 0) is 60.9 Å². The van der Waals surface area contributed by atoms with Crippen molar-refractivity contribution in [3.05, 3.63) is 74.4 Å². The summed E-state index contributed by atoms with van der Waals surface area (Å²) in [5.41, 5.74) is 4.95. The largest absolute Gasteiger partial charge is 0.391 e. The first kappa shape index (κ1) is 27.8. The fraction of sp³-hybridized carbons (Fsp3) is 0.444. The zero-order valence-corrected chi connectivity index (χ0v) is 23.4. The molecular formula is C27H32N4O6S2. The fourth-order valence-corrected chi connectivity index (χ4v) is 6.71. The van der Waals surface area contributed by atoms with Crippen molar-refractivity contribution in [3.63, 3.8) is 0 Å². The third kappa shape index (κ3) is 6.06. The van der Waals surface area contributed by atoms with Gasteiger partial charge in [0.25, 0.3) is 0 Å². The minimum Gasteiger partial charge on any atom is -0.391 e. The second-order valence-corrected chi connectivity index (χ2v) is 12.5. The van der Waals surface area contributed by atoms with Gasteiger partial charge in [-0.3, -0.25) is 8.98 Å². The number of fused-ring (bicyclic) bond motifs is 1. The molecule has 208 valence electrons.